The standard InChI is InChI=1S/C18H15FN2O2S/c1-11(22)20-14-6-3-12(4-7-14)18-21-16(10-24-18)15-9-13(19)5-8-17(15)23-2/h3-10H,1-2H3,(H,20,22). The Labute approximate surface area is 142 Å². The Balaban J connectivity index is 1.91. The minimum absolute atomic E-state index is 0.113. The van der Waals surface area contributed by atoms with Crippen LogP contribution in [0.25, 0.3) is 21.8 Å². The highest BCUT2D eigenvalue weighted by atomic mass is 32.1. The monoisotopic (exact) mass is 342 g/mol. The maximum Gasteiger partial charge on any atom is 0.221 e. The maximum absolute atomic E-state index is 13.5. The van der Waals surface area contributed by atoms with Crippen LogP contribution in [0.2, 0.25) is 0 Å². The van der Waals surface area contributed by atoms with Crippen molar-refractivity contribution in [3.8, 4) is 27.6 Å². The van der Waals surface area contributed by atoms with Crippen molar-refractivity contribution in [2.75, 3.05) is 12.4 Å². The third kappa shape index (κ3) is 3.44. The number of aromatic nitrogens is 1. The minimum atomic E-state index is -0.333. The summed E-state index contributed by atoms with van der Waals surface area (Å²) in [4.78, 5) is 15.6. The molecule has 1 N–H and O–H groups in total. The highest BCUT2D eigenvalue weighted by molar-refractivity contribution is 7.13. The zero-order valence-electron chi connectivity index (χ0n) is 13.2. The third-order valence-corrected chi connectivity index (χ3v) is 4.29. The molecule has 0 atom stereocenters. The van der Waals surface area contributed by atoms with E-state index in [0.717, 1.165) is 16.3 Å². The SMILES string of the molecule is COc1ccc(F)cc1-c1csc(-c2ccc(NC(C)=O)cc2)n1. The first-order chi connectivity index (χ1) is 11.6. The number of nitrogens with one attached hydrogen (secondary N) is 1. The number of ether oxygens (including phenoxy) is 1. The van der Waals surface area contributed by atoms with Crippen molar-refractivity contribution >= 4 is 22.9 Å². The summed E-state index contributed by atoms with van der Waals surface area (Å²) in [5.41, 5.74) is 2.94. The van der Waals surface area contributed by atoms with E-state index in [1.807, 2.05) is 29.6 Å². The highest BCUT2D eigenvalue weighted by Crippen LogP contribution is 2.34. The van der Waals surface area contributed by atoms with Crippen molar-refractivity contribution in [3.63, 3.8) is 0 Å². The fourth-order valence-corrected chi connectivity index (χ4v) is 3.14. The molecule has 1 aromatic heterocycles. The van der Waals surface area contributed by atoms with Gasteiger partial charge in [0.05, 0.1) is 12.8 Å². The van der Waals surface area contributed by atoms with E-state index in [-0.39, 0.29) is 11.7 Å². The molecule has 0 unspecified atom stereocenters. The molecule has 2 aromatic carbocycles. The lowest BCUT2D eigenvalue weighted by Crippen LogP contribution is -2.05. The van der Waals surface area contributed by atoms with Gasteiger partial charge in [-0.25, -0.2) is 9.37 Å². The number of hydrogen-bond donors (Lipinski definition) is 1. The molecule has 24 heavy (non-hydrogen) atoms. The molecular formula is C18H15FN2O2S. The van der Waals surface area contributed by atoms with Gasteiger partial charge in [-0.1, -0.05) is 0 Å². The lowest BCUT2D eigenvalue weighted by molar-refractivity contribution is -0.114. The first kappa shape index (κ1) is 16.1. The molecule has 1 heterocycles. The zero-order chi connectivity index (χ0) is 17.1. The molecule has 0 fully saturated rings. The number of halogens is 1. The average Bonchev–Trinajstić information content (AvgIpc) is 3.05. The maximum atomic E-state index is 13.5. The van der Waals surface area contributed by atoms with E-state index in [4.69, 9.17) is 4.74 Å². The van der Waals surface area contributed by atoms with Crippen LogP contribution in [0.1, 0.15) is 6.92 Å². The number of amides is 1. The quantitative estimate of drug-likeness (QED) is 0.755. The van der Waals surface area contributed by atoms with E-state index in [1.54, 1.807) is 13.2 Å². The Kier molecular flexibility index (Phi) is 4.57. The zero-order valence-corrected chi connectivity index (χ0v) is 14.0. The molecule has 3 aromatic rings. The lowest BCUT2D eigenvalue weighted by Gasteiger charge is -2.06. The van der Waals surface area contributed by atoms with Crippen LogP contribution in [0.4, 0.5) is 10.1 Å². The van der Waals surface area contributed by atoms with Gasteiger partial charge >= 0.3 is 0 Å². The van der Waals surface area contributed by atoms with Gasteiger partial charge in [0.25, 0.3) is 0 Å². The van der Waals surface area contributed by atoms with Crippen molar-refractivity contribution in [1.29, 1.82) is 0 Å². The Hall–Kier alpha value is -2.73. The molecule has 0 saturated heterocycles. The molecule has 122 valence electrons. The molecule has 6 heteroatoms. The molecule has 3 rings (SSSR count). The fraction of sp³-hybridized carbons (Fsp3) is 0.111. The number of benzene rings is 2. The highest BCUT2D eigenvalue weighted by Gasteiger charge is 2.12. The van der Waals surface area contributed by atoms with Crippen molar-refractivity contribution < 1.29 is 13.9 Å². The number of thiazole rings is 1. The normalized spacial score (nSPS) is 10.5. The van der Waals surface area contributed by atoms with Crippen LogP contribution in [0.15, 0.2) is 47.8 Å². The van der Waals surface area contributed by atoms with Crippen molar-refractivity contribution in [1.82, 2.24) is 4.98 Å². The number of hydrogen-bond acceptors (Lipinski definition) is 4. The summed E-state index contributed by atoms with van der Waals surface area (Å²) >= 11 is 1.47. The van der Waals surface area contributed by atoms with Crippen LogP contribution in [0.3, 0.4) is 0 Å². The lowest BCUT2D eigenvalue weighted by atomic mass is 10.1. The summed E-state index contributed by atoms with van der Waals surface area (Å²) in [6.45, 7) is 1.47. The Morgan fingerprint density at radius 2 is 1.96 bits per heavy atom. The molecule has 0 aliphatic carbocycles. The van der Waals surface area contributed by atoms with Gasteiger partial charge in [0, 0.05) is 29.1 Å². The van der Waals surface area contributed by atoms with Crippen LogP contribution in [-0.2, 0) is 4.79 Å². The van der Waals surface area contributed by atoms with Gasteiger partial charge in [-0.3, -0.25) is 4.79 Å². The topological polar surface area (TPSA) is 51.2 Å². The van der Waals surface area contributed by atoms with E-state index in [1.165, 1.54) is 30.4 Å². The number of methoxy groups -OCH3 is 1. The Morgan fingerprint density at radius 3 is 2.62 bits per heavy atom. The van der Waals surface area contributed by atoms with E-state index in [2.05, 4.69) is 10.3 Å². The van der Waals surface area contributed by atoms with Crippen LogP contribution < -0.4 is 10.1 Å². The Morgan fingerprint density at radius 1 is 1.21 bits per heavy atom. The van der Waals surface area contributed by atoms with Crippen LogP contribution >= 0.6 is 11.3 Å². The average molecular weight is 342 g/mol. The van der Waals surface area contributed by atoms with Gasteiger partial charge in [-0.05, 0) is 42.5 Å². The van der Waals surface area contributed by atoms with Gasteiger partial charge in [0.15, 0.2) is 0 Å². The van der Waals surface area contributed by atoms with Gasteiger partial charge in [-0.2, -0.15) is 0 Å². The molecule has 0 bridgehead atoms. The van der Waals surface area contributed by atoms with Crippen molar-refractivity contribution in [3.05, 3.63) is 53.7 Å². The molecule has 0 aliphatic heterocycles. The molecule has 0 spiro atoms. The van der Waals surface area contributed by atoms with E-state index in [0.29, 0.717) is 17.0 Å². The number of anilines is 1. The van der Waals surface area contributed by atoms with Gasteiger partial charge in [-0.15, -0.1) is 11.3 Å². The third-order valence-electron chi connectivity index (χ3n) is 3.39. The summed E-state index contributed by atoms with van der Waals surface area (Å²) < 4.78 is 18.8. The number of carbonyl (C=O) groups excluding carboxylic acids is 1. The summed E-state index contributed by atoms with van der Waals surface area (Å²) in [5, 5.41) is 5.40. The summed E-state index contributed by atoms with van der Waals surface area (Å²) in [5.74, 6) is 0.131. The fourth-order valence-electron chi connectivity index (χ4n) is 2.31. The molecule has 0 radical (unpaired) electrons. The second-order valence-electron chi connectivity index (χ2n) is 5.14. The number of nitrogens with zero attached hydrogens (tertiary/aromatic N) is 1. The first-order valence-corrected chi connectivity index (χ1v) is 8.12. The smallest absolute Gasteiger partial charge is 0.221 e. The van der Waals surface area contributed by atoms with Gasteiger partial charge < -0.3 is 10.1 Å². The second kappa shape index (κ2) is 6.80. The molecule has 1 amide bonds. The van der Waals surface area contributed by atoms with Crippen LogP contribution in [0.5, 0.6) is 5.75 Å². The summed E-state index contributed by atoms with van der Waals surface area (Å²) in [6.07, 6.45) is 0. The summed E-state index contributed by atoms with van der Waals surface area (Å²) in [6, 6.07) is 11.8. The van der Waals surface area contributed by atoms with Crippen molar-refractivity contribution in [2.45, 2.75) is 6.92 Å². The first-order valence-electron chi connectivity index (χ1n) is 7.24. The Bertz CT molecular complexity index is 875. The predicted molar refractivity (Wildman–Crippen MR) is 93.8 cm³/mol. The molecule has 0 saturated carbocycles. The van der Waals surface area contributed by atoms with Crippen molar-refractivity contribution in [2.24, 2.45) is 0 Å². The summed E-state index contributed by atoms with van der Waals surface area (Å²) in [7, 11) is 1.55. The minimum Gasteiger partial charge on any atom is -0.496 e. The largest absolute Gasteiger partial charge is 0.496 e. The van der Waals surface area contributed by atoms with Gasteiger partial charge in [0.2, 0.25) is 5.91 Å². The molecular weight excluding hydrogens is 327 g/mol. The van der Waals surface area contributed by atoms with E-state index < -0.39 is 0 Å². The molecule has 0 aliphatic rings. The van der Waals surface area contributed by atoms with E-state index >= 15 is 0 Å². The van der Waals surface area contributed by atoms with Gasteiger partial charge in [0.1, 0.15) is 16.6 Å². The second-order valence-corrected chi connectivity index (χ2v) is 6.00. The number of carbonyl (C=O) groups is 1. The molecule has 4 nitrogen and oxygen atoms in total. The van der Waals surface area contributed by atoms with Crippen LogP contribution in [0, 0.1) is 5.82 Å². The number of rotatable bonds is 4. The predicted octanol–water partition coefficient (Wildman–Crippen LogP) is 4.58. The van der Waals surface area contributed by atoms with E-state index in [9.17, 15) is 9.18 Å². The van der Waals surface area contributed by atoms with Crippen LogP contribution in [-0.4, -0.2) is 18.0 Å².